The van der Waals surface area contributed by atoms with Crippen LogP contribution in [0.1, 0.15) is 15.2 Å². The number of rotatable bonds is 5. The van der Waals surface area contributed by atoms with Crippen molar-refractivity contribution in [1.82, 2.24) is 5.32 Å². The Hall–Kier alpha value is -1.40. The van der Waals surface area contributed by atoms with Gasteiger partial charge in [0.2, 0.25) is 0 Å². The molecule has 0 aliphatic rings. The molecule has 0 fully saturated rings. The fourth-order valence-corrected chi connectivity index (χ4v) is 1.77. The minimum atomic E-state index is -0.939. The Morgan fingerprint density at radius 2 is 2.33 bits per heavy atom. The molecule has 5 nitrogen and oxygen atoms in total. The fourth-order valence-electron chi connectivity index (χ4n) is 0.945. The van der Waals surface area contributed by atoms with Crippen molar-refractivity contribution < 1.29 is 19.4 Å². The maximum absolute atomic E-state index is 10.7. The minimum Gasteiger partial charge on any atom is -0.478 e. The molecule has 0 saturated carbocycles. The molecule has 1 heterocycles. The van der Waals surface area contributed by atoms with Crippen LogP contribution >= 0.6 is 11.3 Å². The summed E-state index contributed by atoms with van der Waals surface area (Å²) in [4.78, 5) is 22.2. The number of thiophene rings is 1. The first-order chi connectivity index (χ1) is 7.13. The van der Waals surface area contributed by atoms with E-state index in [0.717, 1.165) is 4.88 Å². The number of esters is 1. The summed E-state index contributed by atoms with van der Waals surface area (Å²) < 4.78 is 4.44. The van der Waals surface area contributed by atoms with Gasteiger partial charge in [-0.3, -0.25) is 4.79 Å². The van der Waals surface area contributed by atoms with Crippen LogP contribution < -0.4 is 5.32 Å². The van der Waals surface area contributed by atoms with Crippen LogP contribution in [0.25, 0.3) is 0 Å². The molecule has 0 aromatic carbocycles. The molecule has 0 spiro atoms. The number of carboxylic acid groups (broad SMARTS) is 1. The smallest absolute Gasteiger partial charge is 0.336 e. The molecule has 1 aromatic rings. The van der Waals surface area contributed by atoms with Crippen molar-refractivity contribution in [2.45, 2.75) is 6.54 Å². The van der Waals surface area contributed by atoms with E-state index in [-0.39, 0.29) is 18.1 Å². The molecule has 0 aliphatic heterocycles. The Morgan fingerprint density at radius 1 is 1.60 bits per heavy atom. The molecule has 0 aliphatic carbocycles. The third-order valence-electron chi connectivity index (χ3n) is 1.70. The number of nitrogens with one attached hydrogen (secondary N) is 1. The van der Waals surface area contributed by atoms with Gasteiger partial charge in [0, 0.05) is 16.8 Å². The molecular formula is C9H11NO4S. The quantitative estimate of drug-likeness (QED) is 0.727. The molecule has 0 amide bonds. The molecule has 0 bridgehead atoms. The molecule has 0 atom stereocenters. The largest absolute Gasteiger partial charge is 0.478 e. The summed E-state index contributed by atoms with van der Waals surface area (Å²) in [5.41, 5.74) is 0.273. The van der Waals surface area contributed by atoms with Crippen molar-refractivity contribution in [3.05, 3.63) is 21.9 Å². The lowest BCUT2D eigenvalue weighted by Crippen LogP contribution is -2.22. The maximum Gasteiger partial charge on any atom is 0.336 e. The maximum atomic E-state index is 10.7. The Labute approximate surface area is 90.7 Å². The second-order valence-corrected chi connectivity index (χ2v) is 3.78. The van der Waals surface area contributed by atoms with Gasteiger partial charge in [0.05, 0.1) is 19.2 Å². The van der Waals surface area contributed by atoms with Crippen molar-refractivity contribution in [2.75, 3.05) is 13.7 Å². The van der Waals surface area contributed by atoms with Gasteiger partial charge in [-0.15, -0.1) is 11.3 Å². The van der Waals surface area contributed by atoms with E-state index in [1.807, 2.05) is 0 Å². The highest BCUT2D eigenvalue weighted by Gasteiger charge is 2.06. The molecule has 1 aromatic heterocycles. The highest BCUT2D eigenvalue weighted by Crippen LogP contribution is 2.14. The van der Waals surface area contributed by atoms with Gasteiger partial charge in [-0.1, -0.05) is 0 Å². The molecule has 82 valence electrons. The van der Waals surface area contributed by atoms with Crippen LogP contribution in [0.2, 0.25) is 0 Å². The summed E-state index contributed by atoms with van der Waals surface area (Å²) in [5, 5.41) is 13.1. The summed E-state index contributed by atoms with van der Waals surface area (Å²) in [6.45, 7) is 0.587. The van der Waals surface area contributed by atoms with Gasteiger partial charge in [-0.25, -0.2) is 4.79 Å². The number of carboxylic acids is 1. The average Bonchev–Trinajstić information content (AvgIpc) is 2.66. The Morgan fingerprint density at radius 3 is 2.87 bits per heavy atom. The number of carbonyl (C=O) groups excluding carboxylic acids is 1. The van der Waals surface area contributed by atoms with Crippen LogP contribution in [0.15, 0.2) is 11.4 Å². The predicted octanol–water partition coefficient (Wildman–Crippen LogP) is 0.709. The van der Waals surface area contributed by atoms with Crippen LogP contribution in [-0.2, 0) is 16.1 Å². The summed E-state index contributed by atoms with van der Waals surface area (Å²) >= 11 is 1.34. The highest BCUT2D eigenvalue weighted by molar-refractivity contribution is 7.10. The zero-order valence-electron chi connectivity index (χ0n) is 8.15. The van der Waals surface area contributed by atoms with Crippen molar-refractivity contribution in [3.63, 3.8) is 0 Å². The van der Waals surface area contributed by atoms with E-state index in [0.29, 0.717) is 6.54 Å². The van der Waals surface area contributed by atoms with E-state index < -0.39 is 5.97 Å². The Balaban J connectivity index is 2.38. The van der Waals surface area contributed by atoms with E-state index in [1.165, 1.54) is 18.4 Å². The van der Waals surface area contributed by atoms with Gasteiger partial charge in [0.25, 0.3) is 0 Å². The Bertz CT molecular complexity index is 361. The summed E-state index contributed by atoms with van der Waals surface area (Å²) in [5.74, 6) is -1.28. The van der Waals surface area contributed by atoms with Crippen molar-refractivity contribution in [3.8, 4) is 0 Å². The highest BCUT2D eigenvalue weighted by atomic mass is 32.1. The first-order valence-corrected chi connectivity index (χ1v) is 5.09. The second kappa shape index (κ2) is 5.47. The van der Waals surface area contributed by atoms with Crippen LogP contribution in [0, 0.1) is 0 Å². The van der Waals surface area contributed by atoms with Gasteiger partial charge < -0.3 is 15.2 Å². The van der Waals surface area contributed by atoms with Gasteiger partial charge >= 0.3 is 11.9 Å². The topological polar surface area (TPSA) is 75.6 Å². The first-order valence-electron chi connectivity index (χ1n) is 4.21. The fraction of sp³-hybridized carbons (Fsp3) is 0.333. The third-order valence-corrected chi connectivity index (χ3v) is 2.63. The molecule has 6 heteroatoms. The van der Waals surface area contributed by atoms with Gasteiger partial charge in [-0.05, 0) is 6.07 Å². The number of aromatic carboxylic acids is 1. The van der Waals surface area contributed by atoms with Gasteiger partial charge in [-0.2, -0.15) is 0 Å². The van der Waals surface area contributed by atoms with Crippen molar-refractivity contribution in [2.24, 2.45) is 0 Å². The lowest BCUT2D eigenvalue weighted by Gasteiger charge is -2.00. The average molecular weight is 229 g/mol. The number of hydrogen-bond donors (Lipinski definition) is 2. The molecular weight excluding hydrogens is 218 g/mol. The summed E-state index contributed by atoms with van der Waals surface area (Å²) in [7, 11) is 1.32. The number of carbonyl (C=O) groups is 2. The zero-order chi connectivity index (χ0) is 11.3. The summed E-state index contributed by atoms with van der Waals surface area (Å²) in [6.07, 6.45) is 0. The third kappa shape index (κ3) is 3.69. The second-order valence-electron chi connectivity index (χ2n) is 2.79. The monoisotopic (exact) mass is 229 g/mol. The Kier molecular flexibility index (Phi) is 4.26. The normalized spacial score (nSPS) is 9.93. The van der Waals surface area contributed by atoms with E-state index >= 15 is 0 Å². The van der Waals surface area contributed by atoms with E-state index in [4.69, 9.17) is 5.11 Å². The van der Waals surface area contributed by atoms with E-state index in [2.05, 4.69) is 10.1 Å². The molecule has 2 N–H and O–H groups in total. The number of ether oxygens (including phenoxy) is 1. The number of hydrogen-bond acceptors (Lipinski definition) is 5. The van der Waals surface area contributed by atoms with Crippen LogP contribution in [0.5, 0.6) is 0 Å². The standard InChI is InChI=1S/C9H11NO4S/c1-14-8(11)4-10-3-7-2-6(5-15-7)9(12)13/h2,5,10H,3-4H2,1H3,(H,12,13). The molecule has 1 rings (SSSR count). The zero-order valence-corrected chi connectivity index (χ0v) is 8.97. The lowest BCUT2D eigenvalue weighted by molar-refractivity contribution is -0.139. The SMILES string of the molecule is COC(=O)CNCc1cc(C(=O)O)cs1. The number of methoxy groups -OCH3 is 1. The van der Waals surface area contributed by atoms with Crippen LogP contribution in [0.3, 0.4) is 0 Å². The molecule has 15 heavy (non-hydrogen) atoms. The van der Waals surface area contributed by atoms with Crippen LogP contribution in [0.4, 0.5) is 0 Å². The predicted molar refractivity (Wildman–Crippen MR) is 55.0 cm³/mol. The van der Waals surface area contributed by atoms with Crippen molar-refractivity contribution >= 4 is 23.3 Å². The molecule has 0 radical (unpaired) electrons. The van der Waals surface area contributed by atoms with Crippen LogP contribution in [-0.4, -0.2) is 30.7 Å². The summed E-state index contributed by atoms with van der Waals surface area (Å²) in [6, 6.07) is 1.58. The minimum absolute atomic E-state index is 0.122. The van der Waals surface area contributed by atoms with Gasteiger partial charge in [0.1, 0.15) is 0 Å². The first kappa shape index (κ1) is 11.7. The van der Waals surface area contributed by atoms with E-state index in [9.17, 15) is 9.59 Å². The molecule has 0 saturated heterocycles. The lowest BCUT2D eigenvalue weighted by atomic mass is 10.3. The van der Waals surface area contributed by atoms with Gasteiger partial charge in [0.15, 0.2) is 0 Å². The van der Waals surface area contributed by atoms with E-state index in [1.54, 1.807) is 11.4 Å². The molecule has 0 unspecified atom stereocenters. The van der Waals surface area contributed by atoms with Crippen molar-refractivity contribution in [1.29, 1.82) is 0 Å².